The van der Waals surface area contributed by atoms with Crippen LogP contribution in [0.15, 0.2) is 48.5 Å². The van der Waals surface area contributed by atoms with Gasteiger partial charge in [-0.05, 0) is 42.5 Å². The summed E-state index contributed by atoms with van der Waals surface area (Å²) in [5.41, 5.74) is 7.23. The molecule has 0 fully saturated rings. The fraction of sp³-hybridized carbons (Fsp3) is 0.0625. The number of carboxylic acids is 1. The van der Waals surface area contributed by atoms with Crippen LogP contribution in [0.5, 0.6) is 0 Å². The highest BCUT2D eigenvalue weighted by molar-refractivity contribution is 6.05. The van der Waals surface area contributed by atoms with Crippen molar-refractivity contribution >= 4 is 29.2 Å². The summed E-state index contributed by atoms with van der Waals surface area (Å²) in [6, 6.07) is 12.6. The number of benzene rings is 2. The van der Waals surface area contributed by atoms with Crippen molar-refractivity contribution in [2.45, 2.75) is 0 Å². The smallest absolute Gasteiger partial charge is 0.322 e. The molecule has 2 rings (SSSR count). The molecule has 23 heavy (non-hydrogen) atoms. The van der Waals surface area contributed by atoms with Gasteiger partial charge in [0.15, 0.2) is 0 Å². The standard InChI is InChI=1S/C16H15N3O4/c17-12-6-4-10(5-7-12)16(23)19-13-3-1-2-11(8-13)15(22)18-9-14(20)21/h1-8H,9,17H2,(H,18,22)(H,19,23)(H,20,21). The number of amides is 2. The van der Waals surface area contributed by atoms with Gasteiger partial charge in [0.1, 0.15) is 6.54 Å². The van der Waals surface area contributed by atoms with Crippen molar-refractivity contribution in [1.29, 1.82) is 0 Å². The maximum Gasteiger partial charge on any atom is 0.322 e. The van der Waals surface area contributed by atoms with Crippen LogP contribution in [0.3, 0.4) is 0 Å². The molecule has 7 heteroatoms. The molecule has 0 unspecified atom stereocenters. The van der Waals surface area contributed by atoms with E-state index in [9.17, 15) is 14.4 Å². The fourth-order valence-electron chi connectivity index (χ4n) is 1.83. The molecule has 0 saturated heterocycles. The van der Waals surface area contributed by atoms with Crippen LogP contribution in [0.25, 0.3) is 0 Å². The van der Waals surface area contributed by atoms with Crippen LogP contribution in [0, 0.1) is 0 Å². The van der Waals surface area contributed by atoms with E-state index in [0.29, 0.717) is 16.9 Å². The van der Waals surface area contributed by atoms with Crippen LogP contribution in [-0.2, 0) is 4.79 Å². The van der Waals surface area contributed by atoms with Gasteiger partial charge in [-0.2, -0.15) is 0 Å². The highest BCUT2D eigenvalue weighted by Crippen LogP contribution is 2.13. The summed E-state index contributed by atoms with van der Waals surface area (Å²) < 4.78 is 0. The monoisotopic (exact) mass is 313 g/mol. The molecule has 0 bridgehead atoms. The Balaban J connectivity index is 2.07. The van der Waals surface area contributed by atoms with Crippen LogP contribution in [-0.4, -0.2) is 29.4 Å². The minimum absolute atomic E-state index is 0.251. The average molecular weight is 313 g/mol. The van der Waals surface area contributed by atoms with E-state index in [2.05, 4.69) is 10.6 Å². The maximum atomic E-state index is 12.1. The third-order valence-electron chi connectivity index (χ3n) is 2.96. The summed E-state index contributed by atoms with van der Waals surface area (Å²) in [4.78, 5) is 34.3. The van der Waals surface area contributed by atoms with Gasteiger partial charge in [0.25, 0.3) is 11.8 Å². The number of nitrogens with one attached hydrogen (secondary N) is 2. The number of hydrogen-bond acceptors (Lipinski definition) is 4. The molecular formula is C16H15N3O4. The second-order valence-corrected chi connectivity index (χ2v) is 4.73. The molecule has 7 nitrogen and oxygen atoms in total. The third kappa shape index (κ3) is 4.57. The summed E-state index contributed by atoms with van der Waals surface area (Å²) in [7, 11) is 0. The van der Waals surface area contributed by atoms with Crippen LogP contribution < -0.4 is 16.4 Å². The zero-order valence-corrected chi connectivity index (χ0v) is 12.1. The van der Waals surface area contributed by atoms with E-state index >= 15 is 0 Å². The van der Waals surface area contributed by atoms with E-state index in [1.54, 1.807) is 36.4 Å². The molecule has 0 spiro atoms. The number of carbonyl (C=O) groups excluding carboxylic acids is 2. The number of nitrogen functional groups attached to an aromatic ring is 1. The Morgan fingerprint density at radius 2 is 1.65 bits per heavy atom. The van der Waals surface area contributed by atoms with Crippen LogP contribution >= 0.6 is 0 Å². The summed E-state index contributed by atoms with van der Waals surface area (Å²) in [5, 5.41) is 13.5. The molecule has 5 N–H and O–H groups in total. The lowest BCUT2D eigenvalue weighted by atomic mass is 10.1. The lowest BCUT2D eigenvalue weighted by molar-refractivity contribution is -0.135. The molecule has 2 aromatic carbocycles. The Kier molecular flexibility index (Phi) is 4.93. The Hall–Kier alpha value is -3.35. The highest BCUT2D eigenvalue weighted by atomic mass is 16.4. The van der Waals surface area contributed by atoms with Crippen molar-refractivity contribution in [2.75, 3.05) is 17.6 Å². The Morgan fingerprint density at radius 1 is 0.957 bits per heavy atom. The first-order chi connectivity index (χ1) is 11.0. The summed E-state index contributed by atoms with van der Waals surface area (Å²) in [6.45, 7) is -0.471. The molecule has 0 aliphatic heterocycles. The topological polar surface area (TPSA) is 122 Å². The largest absolute Gasteiger partial charge is 0.480 e. The van der Waals surface area contributed by atoms with E-state index in [1.165, 1.54) is 12.1 Å². The van der Waals surface area contributed by atoms with E-state index < -0.39 is 18.4 Å². The zero-order valence-electron chi connectivity index (χ0n) is 12.1. The molecule has 0 aliphatic carbocycles. The molecular weight excluding hydrogens is 298 g/mol. The molecule has 0 atom stereocenters. The summed E-state index contributed by atoms with van der Waals surface area (Å²) >= 11 is 0. The van der Waals surface area contributed by atoms with Crippen molar-refractivity contribution in [1.82, 2.24) is 5.32 Å². The Labute approximate surface area is 132 Å². The first kappa shape index (κ1) is 16.0. The summed E-state index contributed by atoms with van der Waals surface area (Å²) in [6.07, 6.45) is 0. The zero-order chi connectivity index (χ0) is 16.8. The van der Waals surface area contributed by atoms with Gasteiger partial charge in [0, 0.05) is 22.5 Å². The van der Waals surface area contributed by atoms with Gasteiger partial charge < -0.3 is 21.5 Å². The number of nitrogens with two attached hydrogens (primary N) is 1. The highest BCUT2D eigenvalue weighted by Gasteiger charge is 2.10. The van der Waals surface area contributed by atoms with Crippen molar-refractivity contribution in [3.63, 3.8) is 0 Å². The first-order valence-corrected chi connectivity index (χ1v) is 6.72. The number of carboxylic acid groups (broad SMARTS) is 1. The van der Waals surface area contributed by atoms with Gasteiger partial charge in [-0.15, -0.1) is 0 Å². The fourth-order valence-corrected chi connectivity index (χ4v) is 1.83. The molecule has 0 aliphatic rings. The van der Waals surface area contributed by atoms with E-state index in [-0.39, 0.29) is 11.5 Å². The average Bonchev–Trinajstić information content (AvgIpc) is 2.53. The minimum atomic E-state index is -1.13. The van der Waals surface area contributed by atoms with Crippen LogP contribution in [0.4, 0.5) is 11.4 Å². The summed E-state index contributed by atoms with van der Waals surface area (Å²) in [5.74, 6) is -2.00. The molecule has 2 aromatic rings. The van der Waals surface area contributed by atoms with Crippen molar-refractivity contribution < 1.29 is 19.5 Å². The van der Waals surface area contributed by atoms with Crippen molar-refractivity contribution in [3.05, 3.63) is 59.7 Å². The van der Waals surface area contributed by atoms with Crippen LogP contribution in [0.1, 0.15) is 20.7 Å². The van der Waals surface area contributed by atoms with Gasteiger partial charge in [0.05, 0.1) is 0 Å². The van der Waals surface area contributed by atoms with Gasteiger partial charge in [-0.3, -0.25) is 14.4 Å². The van der Waals surface area contributed by atoms with Crippen molar-refractivity contribution in [3.8, 4) is 0 Å². The van der Waals surface area contributed by atoms with Gasteiger partial charge in [0.2, 0.25) is 0 Å². The molecule has 0 saturated carbocycles. The van der Waals surface area contributed by atoms with Gasteiger partial charge in [-0.25, -0.2) is 0 Å². The first-order valence-electron chi connectivity index (χ1n) is 6.72. The van der Waals surface area contributed by atoms with Gasteiger partial charge in [-0.1, -0.05) is 6.07 Å². The minimum Gasteiger partial charge on any atom is -0.480 e. The molecule has 0 aromatic heterocycles. The molecule has 0 heterocycles. The van der Waals surface area contributed by atoms with E-state index in [1.807, 2.05) is 0 Å². The molecule has 0 radical (unpaired) electrons. The lowest BCUT2D eigenvalue weighted by Crippen LogP contribution is -2.29. The Morgan fingerprint density at radius 3 is 2.30 bits per heavy atom. The number of rotatable bonds is 5. The Bertz CT molecular complexity index is 741. The second-order valence-electron chi connectivity index (χ2n) is 4.73. The van der Waals surface area contributed by atoms with E-state index in [0.717, 1.165) is 0 Å². The number of aliphatic carboxylic acids is 1. The lowest BCUT2D eigenvalue weighted by Gasteiger charge is -2.08. The second kappa shape index (κ2) is 7.08. The predicted octanol–water partition coefficient (Wildman–Crippen LogP) is 1.34. The number of hydrogen-bond donors (Lipinski definition) is 4. The van der Waals surface area contributed by atoms with Gasteiger partial charge >= 0.3 is 5.97 Å². The third-order valence-corrected chi connectivity index (χ3v) is 2.96. The normalized spacial score (nSPS) is 9.91. The number of carbonyl (C=O) groups is 3. The quantitative estimate of drug-likeness (QED) is 0.620. The number of anilines is 2. The molecule has 118 valence electrons. The van der Waals surface area contributed by atoms with Crippen LogP contribution in [0.2, 0.25) is 0 Å². The molecule has 2 amide bonds. The maximum absolute atomic E-state index is 12.1. The van der Waals surface area contributed by atoms with Crippen molar-refractivity contribution in [2.24, 2.45) is 0 Å². The SMILES string of the molecule is Nc1ccc(C(=O)Nc2cccc(C(=O)NCC(=O)O)c2)cc1. The van der Waals surface area contributed by atoms with E-state index in [4.69, 9.17) is 10.8 Å². The predicted molar refractivity (Wildman–Crippen MR) is 85.2 cm³/mol.